The first-order chi connectivity index (χ1) is 16.1. The molecule has 1 atom stereocenters. The highest BCUT2D eigenvalue weighted by atomic mass is 16.3. The molecule has 0 spiro atoms. The van der Waals surface area contributed by atoms with Crippen molar-refractivity contribution in [1.82, 2.24) is 15.6 Å². The Morgan fingerprint density at radius 3 is 2.39 bits per heavy atom. The van der Waals surface area contributed by atoms with Crippen molar-refractivity contribution < 1.29 is 18.8 Å². The van der Waals surface area contributed by atoms with E-state index in [1.165, 1.54) is 17.2 Å². The Hall–Kier alpha value is -3.94. The number of furan rings is 1. The molecule has 8 heteroatoms. The molecule has 1 fully saturated rings. The van der Waals surface area contributed by atoms with Crippen LogP contribution >= 0.6 is 0 Å². The van der Waals surface area contributed by atoms with E-state index < -0.39 is 17.9 Å². The van der Waals surface area contributed by atoms with Crippen molar-refractivity contribution in [2.75, 3.05) is 11.4 Å². The highest BCUT2D eigenvalue weighted by Gasteiger charge is 2.34. The number of rotatable bonds is 8. The molecule has 3 aromatic rings. The van der Waals surface area contributed by atoms with Gasteiger partial charge in [-0.15, -0.1) is 0 Å². The molecule has 170 valence electrons. The van der Waals surface area contributed by atoms with Gasteiger partial charge in [0.25, 0.3) is 5.91 Å². The highest BCUT2D eigenvalue weighted by molar-refractivity contribution is 6.04. The number of benzene rings is 1. The van der Waals surface area contributed by atoms with Crippen LogP contribution < -0.4 is 15.5 Å². The van der Waals surface area contributed by atoms with Crippen molar-refractivity contribution in [2.24, 2.45) is 0 Å². The lowest BCUT2D eigenvalue weighted by Crippen LogP contribution is -2.49. The minimum absolute atomic E-state index is 0.0909. The Kier molecular flexibility index (Phi) is 7.14. The van der Waals surface area contributed by atoms with Crippen molar-refractivity contribution in [3.05, 3.63) is 84.6 Å². The quantitative estimate of drug-likeness (QED) is 0.553. The normalized spacial score (nSPS) is 14.4. The van der Waals surface area contributed by atoms with Gasteiger partial charge in [-0.1, -0.05) is 31.0 Å². The summed E-state index contributed by atoms with van der Waals surface area (Å²) in [5.74, 6) is -1.08. The first kappa shape index (κ1) is 22.3. The molecule has 0 bridgehead atoms. The molecule has 4 rings (SSSR count). The van der Waals surface area contributed by atoms with E-state index in [0.29, 0.717) is 11.3 Å². The van der Waals surface area contributed by atoms with Gasteiger partial charge < -0.3 is 15.1 Å². The lowest BCUT2D eigenvalue weighted by Gasteiger charge is -2.32. The van der Waals surface area contributed by atoms with Crippen molar-refractivity contribution >= 4 is 23.4 Å². The van der Waals surface area contributed by atoms with Crippen molar-refractivity contribution in [3.8, 4) is 0 Å². The molecular weight excluding hydrogens is 420 g/mol. The SMILES string of the molecule is O=C(NCC(=O)N(c1ccccc1)[C@@H](C(=O)NC1CCCC1)c1ccncc1)c1ccco1. The minimum Gasteiger partial charge on any atom is -0.459 e. The van der Waals surface area contributed by atoms with Crippen molar-refractivity contribution in [2.45, 2.75) is 37.8 Å². The summed E-state index contributed by atoms with van der Waals surface area (Å²) in [7, 11) is 0. The first-order valence-electron chi connectivity index (χ1n) is 11.0. The molecule has 0 aliphatic heterocycles. The van der Waals surface area contributed by atoms with Crippen molar-refractivity contribution in [3.63, 3.8) is 0 Å². The highest BCUT2D eigenvalue weighted by Crippen LogP contribution is 2.29. The summed E-state index contributed by atoms with van der Waals surface area (Å²) in [5.41, 5.74) is 1.19. The molecule has 8 nitrogen and oxygen atoms in total. The zero-order valence-electron chi connectivity index (χ0n) is 18.1. The lowest BCUT2D eigenvalue weighted by atomic mass is 10.0. The Bertz CT molecular complexity index is 1060. The Morgan fingerprint density at radius 2 is 1.73 bits per heavy atom. The second-order valence-electron chi connectivity index (χ2n) is 7.93. The summed E-state index contributed by atoms with van der Waals surface area (Å²) in [6.07, 6.45) is 8.57. The van der Waals surface area contributed by atoms with Gasteiger partial charge in [0.15, 0.2) is 5.76 Å². The molecule has 1 saturated carbocycles. The molecule has 0 radical (unpaired) electrons. The molecule has 1 aliphatic carbocycles. The number of nitrogens with one attached hydrogen (secondary N) is 2. The van der Waals surface area contributed by atoms with E-state index in [9.17, 15) is 14.4 Å². The predicted molar refractivity (Wildman–Crippen MR) is 122 cm³/mol. The molecular formula is C25H26N4O4. The average molecular weight is 447 g/mol. The number of para-hydroxylation sites is 1. The maximum atomic E-state index is 13.5. The van der Waals surface area contributed by atoms with E-state index in [-0.39, 0.29) is 24.3 Å². The van der Waals surface area contributed by atoms with Crippen LogP contribution in [0.4, 0.5) is 5.69 Å². The predicted octanol–water partition coefficient (Wildman–Crippen LogP) is 3.24. The second kappa shape index (κ2) is 10.6. The van der Waals surface area contributed by atoms with Crippen LogP contribution in [0.25, 0.3) is 0 Å². The third-order valence-electron chi connectivity index (χ3n) is 5.68. The number of nitrogens with zero attached hydrogens (tertiary/aromatic N) is 2. The van der Waals surface area contributed by atoms with Crippen LogP contribution in [0.1, 0.15) is 47.8 Å². The number of hydrogen-bond acceptors (Lipinski definition) is 5. The van der Waals surface area contributed by atoms with Gasteiger partial charge in [0, 0.05) is 24.1 Å². The summed E-state index contributed by atoms with van der Waals surface area (Å²) >= 11 is 0. The largest absolute Gasteiger partial charge is 0.459 e. The maximum absolute atomic E-state index is 13.5. The monoisotopic (exact) mass is 446 g/mol. The third kappa shape index (κ3) is 5.46. The molecule has 3 amide bonds. The van der Waals surface area contributed by atoms with Gasteiger partial charge in [-0.25, -0.2) is 0 Å². The number of hydrogen-bond donors (Lipinski definition) is 2. The Morgan fingerprint density at radius 1 is 1.00 bits per heavy atom. The summed E-state index contributed by atoms with van der Waals surface area (Å²) < 4.78 is 5.09. The van der Waals surface area contributed by atoms with Crippen LogP contribution in [-0.2, 0) is 9.59 Å². The van der Waals surface area contributed by atoms with Crippen LogP contribution in [0.3, 0.4) is 0 Å². The fraction of sp³-hybridized carbons (Fsp3) is 0.280. The van der Waals surface area contributed by atoms with Gasteiger partial charge in [-0.2, -0.15) is 0 Å². The van der Waals surface area contributed by atoms with E-state index >= 15 is 0 Å². The fourth-order valence-corrected chi connectivity index (χ4v) is 4.08. The van der Waals surface area contributed by atoms with Gasteiger partial charge in [-0.05, 0) is 54.8 Å². The zero-order valence-corrected chi connectivity index (χ0v) is 18.1. The Balaban J connectivity index is 1.63. The summed E-state index contributed by atoms with van der Waals surface area (Å²) in [6.45, 7) is -0.299. The van der Waals surface area contributed by atoms with E-state index in [4.69, 9.17) is 4.42 Å². The number of pyridine rings is 1. The van der Waals surface area contributed by atoms with Gasteiger partial charge in [0.1, 0.15) is 6.04 Å². The number of anilines is 1. The lowest BCUT2D eigenvalue weighted by molar-refractivity contribution is -0.126. The first-order valence-corrected chi connectivity index (χ1v) is 11.0. The third-order valence-corrected chi connectivity index (χ3v) is 5.68. The van der Waals surface area contributed by atoms with Crippen LogP contribution in [0.15, 0.2) is 77.7 Å². The van der Waals surface area contributed by atoms with E-state index in [1.807, 2.05) is 6.07 Å². The van der Waals surface area contributed by atoms with Crippen LogP contribution in [0.5, 0.6) is 0 Å². The van der Waals surface area contributed by atoms with Crippen molar-refractivity contribution in [1.29, 1.82) is 0 Å². The molecule has 33 heavy (non-hydrogen) atoms. The molecule has 2 N–H and O–H groups in total. The molecule has 2 heterocycles. The standard InChI is InChI=1S/C25H26N4O4/c30-22(17-27-24(31)21-11-6-16-33-21)29(20-9-2-1-3-10-20)23(18-12-14-26-15-13-18)25(32)28-19-7-4-5-8-19/h1-3,6,9-16,19,23H,4-5,7-8,17H2,(H,27,31)(H,28,32)/t23-/m1/s1. The molecule has 0 unspecified atom stereocenters. The van der Waals surface area contributed by atoms with Gasteiger partial charge in [-0.3, -0.25) is 24.3 Å². The summed E-state index contributed by atoms with van der Waals surface area (Å²) in [5, 5.41) is 5.70. The molecule has 2 aromatic heterocycles. The number of carbonyl (C=O) groups is 3. The maximum Gasteiger partial charge on any atom is 0.287 e. The van der Waals surface area contributed by atoms with E-state index in [1.54, 1.807) is 54.9 Å². The van der Waals surface area contributed by atoms with Gasteiger partial charge in [0.2, 0.25) is 11.8 Å². The summed E-state index contributed by atoms with van der Waals surface area (Å²) in [4.78, 5) is 44.8. The average Bonchev–Trinajstić information content (AvgIpc) is 3.56. The van der Waals surface area contributed by atoms with Crippen LogP contribution in [0, 0.1) is 0 Å². The van der Waals surface area contributed by atoms with Gasteiger partial charge >= 0.3 is 0 Å². The van der Waals surface area contributed by atoms with E-state index in [2.05, 4.69) is 15.6 Å². The number of aromatic nitrogens is 1. The molecule has 0 saturated heterocycles. The van der Waals surface area contributed by atoms with Crippen LogP contribution in [0.2, 0.25) is 0 Å². The van der Waals surface area contributed by atoms with Crippen LogP contribution in [-0.4, -0.2) is 35.3 Å². The second-order valence-corrected chi connectivity index (χ2v) is 7.93. The fourth-order valence-electron chi connectivity index (χ4n) is 4.08. The zero-order chi connectivity index (χ0) is 23.0. The van der Waals surface area contributed by atoms with Gasteiger partial charge in [0.05, 0.1) is 12.8 Å². The summed E-state index contributed by atoms with van der Waals surface area (Å²) in [6, 6.07) is 14.7. The molecule has 1 aliphatic rings. The topological polar surface area (TPSA) is 105 Å². The Labute approximate surface area is 192 Å². The minimum atomic E-state index is -0.913. The smallest absolute Gasteiger partial charge is 0.287 e. The number of carbonyl (C=O) groups excluding carboxylic acids is 3. The number of amides is 3. The van der Waals surface area contributed by atoms with E-state index in [0.717, 1.165) is 25.7 Å². The molecule has 1 aromatic carbocycles.